The first-order valence-electron chi connectivity index (χ1n) is 3.49. The molecule has 0 aliphatic rings. The molecule has 0 N–H and O–H groups in total. The van der Waals surface area contributed by atoms with Crippen LogP contribution in [0.25, 0.3) is 11.0 Å². The molecule has 2 rings (SSSR count). The maximum atomic E-state index is 8.59. The van der Waals surface area contributed by atoms with Crippen LogP contribution in [0.4, 0.5) is 0 Å². The topological polar surface area (TPSA) is 54.5 Å². The van der Waals surface area contributed by atoms with Gasteiger partial charge in [-0.05, 0) is 6.07 Å². The second-order valence-electron chi connectivity index (χ2n) is 2.52. The van der Waals surface area contributed by atoms with Crippen molar-refractivity contribution >= 4 is 11.0 Å². The molecule has 0 amide bonds. The van der Waals surface area contributed by atoms with Crippen LogP contribution in [0.15, 0.2) is 18.5 Å². The number of rotatable bonds is 0. The van der Waals surface area contributed by atoms with Crippen molar-refractivity contribution in [3.8, 4) is 6.07 Å². The highest BCUT2D eigenvalue weighted by molar-refractivity contribution is 5.75. The molecule has 0 aromatic carbocycles. The van der Waals surface area contributed by atoms with E-state index in [9.17, 15) is 0 Å². The minimum absolute atomic E-state index is 0.565. The Balaban J connectivity index is 2.80. The molecule has 0 bridgehead atoms. The van der Waals surface area contributed by atoms with Crippen molar-refractivity contribution < 1.29 is 0 Å². The molecule has 2 aromatic heterocycles. The molecule has 4 heteroatoms. The molecule has 0 spiro atoms. The molecular formula is C8H6N4. The predicted molar refractivity (Wildman–Crippen MR) is 43.2 cm³/mol. The van der Waals surface area contributed by atoms with Crippen molar-refractivity contribution in [2.75, 3.05) is 0 Å². The van der Waals surface area contributed by atoms with E-state index in [2.05, 4.69) is 10.1 Å². The summed E-state index contributed by atoms with van der Waals surface area (Å²) in [6.45, 7) is 0. The summed E-state index contributed by atoms with van der Waals surface area (Å²) in [5, 5.41) is 13.5. The number of aryl methyl sites for hydroxylation is 1. The van der Waals surface area contributed by atoms with Gasteiger partial charge >= 0.3 is 0 Å². The standard InChI is InChI=1S/C8H6N4/c1-12-8-7(5-11-12)2-6(3-9)4-10-8/h2,4-5H,1H3. The molecule has 4 nitrogen and oxygen atoms in total. The zero-order valence-electron chi connectivity index (χ0n) is 6.52. The molecule has 0 saturated carbocycles. The molecule has 0 atom stereocenters. The lowest BCUT2D eigenvalue weighted by molar-refractivity contribution is 0.786. The Kier molecular flexibility index (Phi) is 1.31. The molecule has 0 unspecified atom stereocenters. The van der Waals surface area contributed by atoms with E-state index in [0.29, 0.717) is 5.56 Å². The number of pyridine rings is 1. The van der Waals surface area contributed by atoms with E-state index >= 15 is 0 Å². The van der Waals surface area contributed by atoms with Gasteiger partial charge in [0.2, 0.25) is 0 Å². The summed E-state index contributed by atoms with van der Waals surface area (Å²) in [6, 6.07) is 3.80. The molecule has 12 heavy (non-hydrogen) atoms. The van der Waals surface area contributed by atoms with Crippen molar-refractivity contribution in [2.24, 2.45) is 7.05 Å². The Labute approximate surface area is 69.1 Å². The SMILES string of the molecule is Cn1ncc2cc(C#N)cnc21. The van der Waals surface area contributed by atoms with Crippen molar-refractivity contribution in [3.63, 3.8) is 0 Å². The third-order valence-electron chi connectivity index (χ3n) is 1.70. The van der Waals surface area contributed by atoms with Crippen molar-refractivity contribution in [2.45, 2.75) is 0 Å². The Hall–Kier alpha value is -1.89. The van der Waals surface area contributed by atoms with Gasteiger partial charge in [-0.3, -0.25) is 4.68 Å². The summed E-state index contributed by atoms with van der Waals surface area (Å²) in [5.74, 6) is 0. The van der Waals surface area contributed by atoms with E-state index in [1.807, 2.05) is 13.1 Å². The lowest BCUT2D eigenvalue weighted by Gasteiger charge is -1.91. The molecule has 0 aliphatic heterocycles. The van der Waals surface area contributed by atoms with Gasteiger partial charge in [0.15, 0.2) is 5.65 Å². The first kappa shape index (κ1) is 6.80. The smallest absolute Gasteiger partial charge is 0.157 e. The van der Waals surface area contributed by atoms with Crippen LogP contribution >= 0.6 is 0 Å². The summed E-state index contributed by atoms with van der Waals surface area (Å²) in [5.41, 5.74) is 1.37. The highest BCUT2D eigenvalue weighted by atomic mass is 15.3. The van der Waals surface area contributed by atoms with Crippen molar-refractivity contribution in [3.05, 3.63) is 24.0 Å². The number of aromatic nitrogens is 3. The number of nitrogens with zero attached hydrogens (tertiary/aromatic N) is 4. The first-order chi connectivity index (χ1) is 5.81. The Morgan fingerprint density at radius 2 is 2.33 bits per heavy atom. The predicted octanol–water partition coefficient (Wildman–Crippen LogP) is 0.840. The third kappa shape index (κ3) is 0.839. The molecule has 58 valence electrons. The van der Waals surface area contributed by atoms with E-state index in [1.54, 1.807) is 23.1 Å². The Morgan fingerprint density at radius 1 is 1.50 bits per heavy atom. The number of fused-ring (bicyclic) bond motifs is 1. The Morgan fingerprint density at radius 3 is 3.08 bits per heavy atom. The van der Waals surface area contributed by atoms with Gasteiger partial charge < -0.3 is 0 Å². The van der Waals surface area contributed by atoms with E-state index in [1.165, 1.54) is 0 Å². The fraction of sp³-hybridized carbons (Fsp3) is 0.125. The normalized spacial score (nSPS) is 10.0. The lowest BCUT2D eigenvalue weighted by atomic mass is 10.2. The highest BCUT2D eigenvalue weighted by Gasteiger charge is 2.00. The summed E-state index contributed by atoms with van der Waals surface area (Å²) in [6.07, 6.45) is 3.24. The van der Waals surface area contributed by atoms with Gasteiger partial charge in [-0.1, -0.05) is 0 Å². The lowest BCUT2D eigenvalue weighted by Crippen LogP contribution is -1.91. The van der Waals surface area contributed by atoms with Gasteiger partial charge in [0.1, 0.15) is 6.07 Å². The second kappa shape index (κ2) is 2.31. The summed E-state index contributed by atoms with van der Waals surface area (Å²) in [7, 11) is 1.82. The van der Waals surface area contributed by atoms with Gasteiger partial charge in [0, 0.05) is 18.6 Å². The van der Waals surface area contributed by atoms with Crippen LogP contribution < -0.4 is 0 Å². The summed E-state index contributed by atoms with van der Waals surface area (Å²) in [4.78, 5) is 4.09. The first-order valence-corrected chi connectivity index (χ1v) is 3.49. The average molecular weight is 158 g/mol. The van der Waals surface area contributed by atoms with Crippen LogP contribution in [-0.4, -0.2) is 14.8 Å². The largest absolute Gasteiger partial charge is 0.250 e. The van der Waals surface area contributed by atoms with Gasteiger partial charge in [0.25, 0.3) is 0 Å². The van der Waals surface area contributed by atoms with Crippen LogP contribution in [-0.2, 0) is 7.05 Å². The summed E-state index contributed by atoms with van der Waals surface area (Å²) >= 11 is 0. The highest BCUT2D eigenvalue weighted by Crippen LogP contribution is 2.10. The quantitative estimate of drug-likeness (QED) is 0.570. The fourth-order valence-electron chi connectivity index (χ4n) is 1.10. The van der Waals surface area contributed by atoms with Crippen LogP contribution in [0, 0.1) is 11.3 Å². The van der Waals surface area contributed by atoms with Gasteiger partial charge in [0.05, 0.1) is 11.8 Å². The molecule has 0 fully saturated rings. The molecule has 2 aromatic rings. The van der Waals surface area contributed by atoms with E-state index in [-0.39, 0.29) is 0 Å². The minimum Gasteiger partial charge on any atom is -0.250 e. The molecule has 0 saturated heterocycles. The van der Waals surface area contributed by atoms with Crippen LogP contribution in [0.2, 0.25) is 0 Å². The molecule has 0 aliphatic carbocycles. The third-order valence-corrected chi connectivity index (χ3v) is 1.70. The van der Waals surface area contributed by atoms with Gasteiger partial charge in [-0.25, -0.2) is 4.98 Å². The average Bonchev–Trinajstić information content (AvgIpc) is 2.47. The maximum absolute atomic E-state index is 8.59. The summed E-state index contributed by atoms with van der Waals surface area (Å²) < 4.78 is 1.68. The maximum Gasteiger partial charge on any atom is 0.157 e. The van der Waals surface area contributed by atoms with Gasteiger partial charge in [-0.15, -0.1) is 0 Å². The zero-order chi connectivity index (χ0) is 8.55. The van der Waals surface area contributed by atoms with E-state index in [4.69, 9.17) is 5.26 Å². The van der Waals surface area contributed by atoms with E-state index < -0.39 is 0 Å². The van der Waals surface area contributed by atoms with E-state index in [0.717, 1.165) is 11.0 Å². The molecule has 2 heterocycles. The van der Waals surface area contributed by atoms with Crippen LogP contribution in [0.1, 0.15) is 5.56 Å². The number of hydrogen-bond donors (Lipinski definition) is 0. The van der Waals surface area contributed by atoms with Crippen LogP contribution in [0.5, 0.6) is 0 Å². The number of nitriles is 1. The van der Waals surface area contributed by atoms with Crippen molar-refractivity contribution in [1.82, 2.24) is 14.8 Å². The second-order valence-corrected chi connectivity index (χ2v) is 2.52. The zero-order valence-corrected chi connectivity index (χ0v) is 6.52. The minimum atomic E-state index is 0.565. The monoisotopic (exact) mass is 158 g/mol. The van der Waals surface area contributed by atoms with Crippen molar-refractivity contribution in [1.29, 1.82) is 5.26 Å². The molecular weight excluding hydrogens is 152 g/mol. The van der Waals surface area contributed by atoms with Gasteiger partial charge in [-0.2, -0.15) is 10.4 Å². The Bertz CT molecular complexity index is 463. The number of hydrogen-bond acceptors (Lipinski definition) is 3. The molecule has 0 radical (unpaired) electrons. The van der Waals surface area contributed by atoms with Crippen LogP contribution in [0.3, 0.4) is 0 Å². The fourth-order valence-corrected chi connectivity index (χ4v) is 1.10.